The molecule has 0 bridgehead atoms. The van der Waals surface area contributed by atoms with E-state index in [1.165, 1.54) is 0 Å². The topological polar surface area (TPSA) is 77.2 Å². The summed E-state index contributed by atoms with van der Waals surface area (Å²) in [7, 11) is 0. The van der Waals surface area contributed by atoms with Gasteiger partial charge in [0.15, 0.2) is 0 Å². The van der Waals surface area contributed by atoms with E-state index in [4.69, 9.17) is 10.5 Å². The van der Waals surface area contributed by atoms with Crippen LogP contribution in [0.3, 0.4) is 0 Å². The largest absolute Gasteiger partial charge is 0.494 e. The van der Waals surface area contributed by atoms with Crippen molar-refractivity contribution in [3.8, 4) is 5.75 Å². The minimum atomic E-state index is -0.233. The molecule has 26 heavy (non-hydrogen) atoms. The molecule has 5 nitrogen and oxygen atoms in total. The Labute approximate surface area is 155 Å². The third kappa shape index (κ3) is 6.24. The number of carbonyl (C=O) groups excluding carboxylic acids is 1. The number of aromatic nitrogens is 1. The van der Waals surface area contributed by atoms with E-state index in [9.17, 15) is 4.79 Å². The number of hydrogen-bond acceptors (Lipinski definition) is 4. The van der Waals surface area contributed by atoms with Crippen LogP contribution in [0.1, 0.15) is 47.3 Å². The summed E-state index contributed by atoms with van der Waals surface area (Å²) < 4.78 is 5.78. The van der Waals surface area contributed by atoms with Gasteiger partial charge < -0.3 is 15.8 Å². The molecule has 0 radical (unpaired) electrons. The van der Waals surface area contributed by atoms with Crippen molar-refractivity contribution >= 4 is 11.7 Å². The first kappa shape index (κ1) is 19.5. The zero-order chi connectivity index (χ0) is 18.8. The van der Waals surface area contributed by atoms with Gasteiger partial charge in [-0.05, 0) is 62.4 Å². The third-order valence-electron chi connectivity index (χ3n) is 3.98. The molecule has 0 aliphatic carbocycles. The van der Waals surface area contributed by atoms with Crippen LogP contribution in [0.15, 0.2) is 49.1 Å². The molecule has 0 aliphatic rings. The fourth-order valence-electron chi connectivity index (χ4n) is 2.55. The SMILES string of the molecule is C=CCCCCCOc1cccc(CNC(=O)c2ccc(C)nc2N)c1. The van der Waals surface area contributed by atoms with Crippen molar-refractivity contribution in [1.29, 1.82) is 0 Å². The second-order valence-corrected chi connectivity index (χ2v) is 6.20. The Morgan fingerprint density at radius 2 is 2.12 bits per heavy atom. The lowest BCUT2D eigenvalue weighted by Crippen LogP contribution is -2.24. The van der Waals surface area contributed by atoms with Crippen LogP contribution < -0.4 is 15.8 Å². The Morgan fingerprint density at radius 3 is 2.88 bits per heavy atom. The first-order valence-corrected chi connectivity index (χ1v) is 8.94. The first-order valence-electron chi connectivity index (χ1n) is 8.94. The Balaban J connectivity index is 1.82. The number of nitrogens with two attached hydrogens (primary N) is 1. The molecular formula is C21H27N3O2. The first-order chi connectivity index (χ1) is 12.6. The molecule has 0 fully saturated rings. The Kier molecular flexibility index (Phi) is 7.68. The number of rotatable bonds is 10. The zero-order valence-electron chi connectivity index (χ0n) is 15.3. The van der Waals surface area contributed by atoms with Crippen molar-refractivity contribution in [2.75, 3.05) is 12.3 Å². The van der Waals surface area contributed by atoms with E-state index in [1.807, 2.05) is 37.3 Å². The number of hydrogen-bond donors (Lipinski definition) is 2. The van der Waals surface area contributed by atoms with Gasteiger partial charge in [0.25, 0.3) is 5.91 Å². The number of pyridine rings is 1. The van der Waals surface area contributed by atoms with E-state index in [2.05, 4.69) is 16.9 Å². The van der Waals surface area contributed by atoms with Gasteiger partial charge in [-0.15, -0.1) is 6.58 Å². The summed E-state index contributed by atoms with van der Waals surface area (Å²) in [6, 6.07) is 11.2. The molecule has 0 saturated heterocycles. The molecule has 3 N–H and O–H groups in total. The summed E-state index contributed by atoms with van der Waals surface area (Å²) >= 11 is 0. The molecule has 0 saturated carbocycles. The van der Waals surface area contributed by atoms with Crippen LogP contribution in [0.25, 0.3) is 0 Å². The van der Waals surface area contributed by atoms with E-state index in [1.54, 1.807) is 12.1 Å². The van der Waals surface area contributed by atoms with Crippen molar-refractivity contribution < 1.29 is 9.53 Å². The molecule has 0 aliphatic heterocycles. The molecular weight excluding hydrogens is 326 g/mol. The number of benzene rings is 1. The molecule has 0 unspecified atom stereocenters. The number of nitrogens with zero attached hydrogens (tertiary/aromatic N) is 1. The normalized spacial score (nSPS) is 10.3. The molecule has 1 aromatic carbocycles. The fraction of sp³-hybridized carbons (Fsp3) is 0.333. The van der Waals surface area contributed by atoms with Crippen LogP contribution >= 0.6 is 0 Å². The summed E-state index contributed by atoms with van der Waals surface area (Å²) in [6.07, 6.45) is 6.30. The number of unbranched alkanes of at least 4 members (excludes halogenated alkanes) is 3. The molecule has 1 amide bonds. The monoisotopic (exact) mass is 353 g/mol. The maximum atomic E-state index is 12.3. The number of allylic oxidation sites excluding steroid dienone is 1. The summed E-state index contributed by atoms with van der Waals surface area (Å²) in [5, 5.41) is 2.87. The average molecular weight is 353 g/mol. The molecule has 1 aromatic heterocycles. The minimum absolute atomic E-state index is 0.233. The molecule has 5 heteroatoms. The van der Waals surface area contributed by atoms with E-state index in [0.717, 1.165) is 42.7 Å². The number of carbonyl (C=O) groups is 1. The highest BCUT2D eigenvalue weighted by atomic mass is 16.5. The van der Waals surface area contributed by atoms with E-state index in [-0.39, 0.29) is 11.7 Å². The zero-order valence-corrected chi connectivity index (χ0v) is 15.3. The predicted molar refractivity (Wildman–Crippen MR) is 105 cm³/mol. The van der Waals surface area contributed by atoms with E-state index >= 15 is 0 Å². The fourth-order valence-corrected chi connectivity index (χ4v) is 2.55. The van der Waals surface area contributed by atoms with Crippen molar-refractivity contribution in [3.63, 3.8) is 0 Å². The number of ether oxygens (including phenoxy) is 1. The average Bonchev–Trinajstić information content (AvgIpc) is 2.63. The summed E-state index contributed by atoms with van der Waals surface area (Å²) in [4.78, 5) is 16.4. The number of nitrogens with one attached hydrogen (secondary N) is 1. The van der Waals surface area contributed by atoms with Crippen molar-refractivity contribution in [2.45, 2.75) is 39.2 Å². The van der Waals surface area contributed by atoms with Gasteiger partial charge in [0.05, 0.1) is 12.2 Å². The minimum Gasteiger partial charge on any atom is -0.494 e. The lowest BCUT2D eigenvalue weighted by atomic mass is 10.2. The van der Waals surface area contributed by atoms with Gasteiger partial charge >= 0.3 is 0 Å². The molecule has 2 rings (SSSR count). The maximum absolute atomic E-state index is 12.3. The highest BCUT2D eigenvalue weighted by Crippen LogP contribution is 2.15. The standard InChI is InChI=1S/C21H27N3O2/c1-3-4-5-6-7-13-26-18-10-8-9-17(14-18)15-23-21(25)19-12-11-16(2)24-20(19)22/h3,8-12,14H,1,4-7,13,15H2,2H3,(H2,22,24)(H,23,25). The molecule has 0 atom stereocenters. The van der Waals surface area contributed by atoms with Crippen molar-refractivity contribution in [2.24, 2.45) is 0 Å². The van der Waals surface area contributed by atoms with Crippen LogP contribution in [0.4, 0.5) is 5.82 Å². The quantitative estimate of drug-likeness (QED) is 0.499. The van der Waals surface area contributed by atoms with Crippen LogP contribution in [0.2, 0.25) is 0 Å². The lowest BCUT2D eigenvalue weighted by molar-refractivity contribution is 0.0951. The van der Waals surface area contributed by atoms with Gasteiger partial charge in [-0.25, -0.2) is 4.98 Å². The number of anilines is 1. The van der Waals surface area contributed by atoms with Gasteiger partial charge in [-0.2, -0.15) is 0 Å². The van der Waals surface area contributed by atoms with Gasteiger partial charge in [0.2, 0.25) is 0 Å². The Bertz CT molecular complexity index is 744. The third-order valence-corrected chi connectivity index (χ3v) is 3.98. The maximum Gasteiger partial charge on any atom is 0.255 e. The Hall–Kier alpha value is -2.82. The van der Waals surface area contributed by atoms with Gasteiger partial charge in [-0.1, -0.05) is 18.2 Å². The number of nitrogen functional groups attached to an aromatic ring is 1. The lowest BCUT2D eigenvalue weighted by Gasteiger charge is -2.10. The van der Waals surface area contributed by atoms with Gasteiger partial charge in [-0.3, -0.25) is 4.79 Å². The van der Waals surface area contributed by atoms with E-state index in [0.29, 0.717) is 18.7 Å². The molecule has 0 spiro atoms. The highest BCUT2D eigenvalue weighted by molar-refractivity contribution is 5.98. The number of aryl methyl sites for hydroxylation is 1. The van der Waals surface area contributed by atoms with Crippen LogP contribution in [0.5, 0.6) is 5.75 Å². The van der Waals surface area contributed by atoms with Crippen molar-refractivity contribution in [1.82, 2.24) is 10.3 Å². The van der Waals surface area contributed by atoms with Gasteiger partial charge in [0.1, 0.15) is 11.6 Å². The molecule has 2 aromatic rings. The van der Waals surface area contributed by atoms with Crippen LogP contribution in [-0.2, 0) is 6.54 Å². The summed E-state index contributed by atoms with van der Waals surface area (Å²) in [5.74, 6) is 0.830. The second kappa shape index (κ2) is 10.2. The summed E-state index contributed by atoms with van der Waals surface area (Å²) in [6.45, 7) is 6.66. The summed E-state index contributed by atoms with van der Waals surface area (Å²) in [5.41, 5.74) is 7.97. The molecule has 1 heterocycles. The van der Waals surface area contributed by atoms with Crippen LogP contribution in [0, 0.1) is 6.92 Å². The Morgan fingerprint density at radius 1 is 1.27 bits per heavy atom. The van der Waals surface area contributed by atoms with Crippen molar-refractivity contribution in [3.05, 3.63) is 65.9 Å². The van der Waals surface area contributed by atoms with E-state index < -0.39 is 0 Å². The van der Waals surface area contributed by atoms with Crippen LogP contribution in [-0.4, -0.2) is 17.5 Å². The highest BCUT2D eigenvalue weighted by Gasteiger charge is 2.10. The predicted octanol–water partition coefficient (Wildman–Crippen LogP) is 4.03. The smallest absolute Gasteiger partial charge is 0.255 e. The van der Waals surface area contributed by atoms with Gasteiger partial charge in [0, 0.05) is 12.2 Å². The second-order valence-electron chi connectivity index (χ2n) is 6.20. The molecule has 138 valence electrons. The number of amides is 1.